The smallest absolute Gasteiger partial charge is 0.262 e. The highest BCUT2D eigenvalue weighted by Crippen LogP contribution is 2.32. The summed E-state index contributed by atoms with van der Waals surface area (Å²) >= 11 is 5.86. The number of aromatic nitrogens is 2. The highest BCUT2D eigenvalue weighted by atomic mass is 35.5. The highest BCUT2D eigenvalue weighted by Gasteiger charge is 2.18. The van der Waals surface area contributed by atoms with Crippen LogP contribution in [0.5, 0.6) is 5.75 Å². The topological polar surface area (TPSA) is 72.7 Å². The lowest BCUT2D eigenvalue weighted by atomic mass is 10.1. The van der Waals surface area contributed by atoms with Crippen LogP contribution in [0.15, 0.2) is 71.9 Å². The van der Waals surface area contributed by atoms with E-state index in [-0.39, 0.29) is 4.90 Å². The van der Waals surface area contributed by atoms with E-state index in [9.17, 15) is 8.42 Å². The number of imidazole rings is 1. The molecule has 0 unspecified atom stereocenters. The number of fused-ring (bicyclic) bond motifs is 1. The lowest BCUT2D eigenvalue weighted by Gasteiger charge is -2.13. The van der Waals surface area contributed by atoms with Gasteiger partial charge in [0.05, 0.1) is 23.4 Å². The van der Waals surface area contributed by atoms with E-state index in [1.165, 1.54) is 31.4 Å². The van der Waals surface area contributed by atoms with Gasteiger partial charge in [0.1, 0.15) is 11.4 Å². The second-order valence-corrected chi connectivity index (χ2v) is 8.64. The number of nitrogens with zero attached hydrogens (tertiary/aromatic N) is 2. The van der Waals surface area contributed by atoms with Crippen LogP contribution >= 0.6 is 11.6 Å². The van der Waals surface area contributed by atoms with E-state index in [0.29, 0.717) is 16.5 Å². The molecule has 2 heterocycles. The highest BCUT2D eigenvalue weighted by molar-refractivity contribution is 7.92. The fourth-order valence-corrected chi connectivity index (χ4v) is 4.24. The van der Waals surface area contributed by atoms with Crippen LogP contribution in [0.25, 0.3) is 16.9 Å². The van der Waals surface area contributed by atoms with Crippen LogP contribution in [0, 0.1) is 6.92 Å². The number of rotatable bonds is 5. The quantitative estimate of drug-likeness (QED) is 0.497. The Hall–Kier alpha value is -3.03. The molecule has 0 aliphatic heterocycles. The molecule has 0 bridgehead atoms. The van der Waals surface area contributed by atoms with Crippen molar-refractivity contribution >= 4 is 33.0 Å². The normalized spacial score (nSPS) is 11.6. The standard InChI is InChI=1S/C21H18ClN3O3S/c1-14-4-3-11-25-13-19(23-21(14)25)15-5-10-20(28-2)18(12-15)24-29(26,27)17-8-6-16(22)7-9-17/h3-13,24H,1-2H3. The molecule has 2 aromatic carbocycles. The van der Waals surface area contributed by atoms with E-state index in [4.69, 9.17) is 16.3 Å². The molecule has 1 N–H and O–H groups in total. The maximum atomic E-state index is 12.8. The van der Waals surface area contributed by atoms with Crippen LogP contribution < -0.4 is 9.46 Å². The third-order valence-electron chi connectivity index (χ3n) is 4.54. The number of pyridine rings is 1. The minimum Gasteiger partial charge on any atom is -0.495 e. The van der Waals surface area contributed by atoms with Gasteiger partial charge in [-0.15, -0.1) is 0 Å². The molecular weight excluding hydrogens is 410 g/mol. The van der Waals surface area contributed by atoms with Crippen LogP contribution in [0.2, 0.25) is 5.02 Å². The molecule has 0 aliphatic rings. The van der Waals surface area contributed by atoms with E-state index >= 15 is 0 Å². The van der Waals surface area contributed by atoms with E-state index < -0.39 is 10.0 Å². The summed E-state index contributed by atoms with van der Waals surface area (Å²) in [5.41, 5.74) is 3.72. The summed E-state index contributed by atoms with van der Waals surface area (Å²) in [5, 5.41) is 0.464. The molecule has 2 aromatic heterocycles. The predicted molar refractivity (Wildman–Crippen MR) is 114 cm³/mol. The van der Waals surface area contributed by atoms with Gasteiger partial charge in [-0.25, -0.2) is 13.4 Å². The summed E-state index contributed by atoms with van der Waals surface area (Å²) in [7, 11) is -2.32. The van der Waals surface area contributed by atoms with Crippen LogP contribution in [0.3, 0.4) is 0 Å². The average Bonchev–Trinajstić information content (AvgIpc) is 3.14. The van der Waals surface area contributed by atoms with Crippen LogP contribution in [0.1, 0.15) is 5.56 Å². The summed E-state index contributed by atoms with van der Waals surface area (Å²) in [4.78, 5) is 4.78. The molecule has 6 nitrogen and oxygen atoms in total. The van der Waals surface area contributed by atoms with Crippen molar-refractivity contribution in [3.05, 3.63) is 77.6 Å². The maximum absolute atomic E-state index is 12.8. The molecule has 0 aliphatic carbocycles. The first-order valence-corrected chi connectivity index (χ1v) is 10.6. The van der Waals surface area contributed by atoms with Gasteiger partial charge in [-0.05, 0) is 61.0 Å². The number of hydrogen-bond acceptors (Lipinski definition) is 4. The van der Waals surface area contributed by atoms with Crippen molar-refractivity contribution in [2.75, 3.05) is 11.8 Å². The Morgan fingerprint density at radius 2 is 1.86 bits per heavy atom. The third kappa shape index (κ3) is 3.79. The average molecular weight is 428 g/mol. The van der Waals surface area contributed by atoms with Gasteiger partial charge in [0.25, 0.3) is 10.0 Å². The maximum Gasteiger partial charge on any atom is 0.262 e. The Bertz CT molecular complexity index is 1300. The summed E-state index contributed by atoms with van der Waals surface area (Å²) in [6, 6.07) is 15.2. The zero-order chi connectivity index (χ0) is 20.6. The van der Waals surface area contributed by atoms with E-state index in [1.807, 2.05) is 41.9 Å². The van der Waals surface area contributed by atoms with Crippen LogP contribution in [0.4, 0.5) is 5.69 Å². The molecule has 0 radical (unpaired) electrons. The van der Waals surface area contributed by atoms with Gasteiger partial charge in [0.15, 0.2) is 0 Å². The van der Waals surface area contributed by atoms with Gasteiger partial charge in [-0.1, -0.05) is 17.7 Å². The second kappa shape index (κ2) is 7.42. The number of hydrogen-bond donors (Lipinski definition) is 1. The number of benzene rings is 2. The fourth-order valence-electron chi connectivity index (χ4n) is 3.06. The molecule has 0 fully saturated rings. The first kappa shape index (κ1) is 19.3. The fraction of sp³-hybridized carbons (Fsp3) is 0.0952. The van der Waals surface area contributed by atoms with Crippen LogP contribution in [-0.4, -0.2) is 24.9 Å². The van der Waals surface area contributed by atoms with E-state index in [0.717, 1.165) is 22.5 Å². The molecule has 8 heteroatoms. The van der Waals surface area contributed by atoms with Crippen molar-refractivity contribution in [3.8, 4) is 17.0 Å². The van der Waals surface area contributed by atoms with Crippen molar-refractivity contribution in [1.82, 2.24) is 9.38 Å². The SMILES string of the molecule is COc1ccc(-c2cn3cccc(C)c3n2)cc1NS(=O)(=O)c1ccc(Cl)cc1. The zero-order valence-electron chi connectivity index (χ0n) is 15.8. The molecule has 148 valence electrons. The summed E-state index contributed by atoms with van der Waals surface area (Å²) in [6.07, 6.45) is 3.83. The van der Waals surface area contributed by atoms with Crippen molar-refractivity contribution in [3.63, 3.8) is 0 Å². The Labute approximate surface area is 173 Å². The number of methoxy groups -OCH3 is 1. The molecule has 0 spiro atoms. The third-order valence-corrected chi connectivity index (χ3v) is 6.17. The minimum atomic E-state index is -3.81. The van der Waals surface area contributed by atoms with Gasteiger partial charge < -0.3 is 9.14 Å². The molecule has 0 saturated carbocycles. The van der Waals surface area contributed by atoms with Gasteiger partial charge in [-0.2, -0.15) is 0 Å². The summed E-state index contributed by atoms with van der Waals surface area (Å²) < 4.78 is 35.4. The van der Waals surface area contributed by atoms with Crippen molar-refractivity contribution in [1.29, 1.82) is 0 Å². The Kier molecular flexibility index (Phi) is 4.94. The molecule has 0 amide bonds. The first-order valence-electron chi connectivity index (χ1n) is 8.78. The van der Waals surface area contributed by atoms with Crippen LogP contribution in [-0.2, 0) is 10.0 Å². The van der Waals surface area contributed by atoms with E-state index in [1.54, 1.807) is 12.1 Å². The zero-order valence-corrected chi connectivity index (χ0v) is 17.3. The van der Waals surface area contributed by atoms with Gasteiger partial charge in [-0.3, -0.25) is 4.72 Å². The number of halogens is 1. The van der Waals surface area contributed by atoms with Gasteiger partial charge in [0.2, 0.25) is 0 Å². The van der Waals surface area contributed by atoms with Crippen molar-refractivity contribution in [2.24, 2.45) is 0 Å². The Balaban J connectivity index is 1.75. The van der Waals surface area contributed by atoms with Gasteiger partial charge in [0, 0.05) is 23.0 Å². The van der Waals surface area contributed by atoms with Gasteiger partial charge >= 0.3 is 0 Å². The first-order chi connectivity index (χ1) is 13.9. The molecule has 4 rings (SSSR count). The largest absolute Gasteiger partial charge is 0.495 e. The molecule has 29 heavy (non-hydrogen) atoms. The summed E-state index contributed by atoms with van der Waals surface area (Å²) in [5.74, 6) is 0.409. The number of anilines is 1. The molecule has 0 saturated heterocycles. The Morgan fingerprint density at radius 1 is 1.10 bits per heavy atom. The number of ether oxygens (including phenoxy) is 1. The second-order valence-electron chi connectivity index (χ2n) is 6.52. The molecular formula is C21H18ClN3O3S. The lowest BCUT2D eigenvalue weighted by Crippen LogP contribution is -2.13. The monoisotopic (exact) mass is 427 g/mol. The molecule has 4 aromatic rings. The van der Waals surface area contributed by atoms with E-state index in [2.05, 4.69) is 9.71 Å². The Morgan fingerprint density at radius 3 is 2.55 bits per heavy atom. The molecule has 0 atom stereocenters. The summed E-state index contributed by atoms with van der Waals surface area (Å²) in [6.45, 7) is 1.99. The van der Waals surface area contributed by atoms with Crippen molar-refractivity contribution < 1.29 is 13.2 Å². The lowest BCUT2D eigenvalue weighted by molar-refractivity contribution is 0.417. The van der Waals surface area contributed by atoms with Crippen molar-refractivity contribution in [2.45, 2.75) is 11.8 Å². The number of nitrogens with one attached hydrogen (secondary N) is 1. The number of sulfonamides is 1. The minimum absolute atomic E-state index is 0.109. The number of aryl methyl sites for hydroxylation is 1. The predicted octanol–water partition coefficient (Wildman–Crippen LogP) is 4.77.